The summed E-state index contributed by atoms with van der Waals surface area (Å²) >= 11 is 0. The highest BCUT2D eigenvalue weighted by atomic mass is 16.5. The fourth-order valence-electron chi connectivity index (χ4n) is 2.04. The number of nitrogens with one attached hydrogen (secondary N) is 2. The number of ether oxygens (including phenoxy) is 1. The van der Waals surface area contributed by atoms with Crippen LogP contribution in [-0.4, -0.2) is 25.2 Å². The largest absolute Gasteiger partial charge is 0.450 e. The van der Waals surface area contributed by atoms with Crippen LogP contribution in [0.3, 0.4) is 0 Å². The molecule has 5 nitrogen and oxygen atoms in total. The first-order chi connectivity index (χ1) is 8.72. The van der Waals surface area contributed by atoms with E-state index >= 15 is 0 Å². The Kier molecular flexibility index (Phi) is 3.82. The number of alkyl carbamates (subject to hydrolysis) is 1. The quantitative estimate of drug-likeness (QED) is 0.825. The van der Waals surface area contributed by atoms with Crippen molar-refractivity contribution in [2.45, 2.75) is 19.4 Å². The number of hydrogen-bond acceptors (Lipinski definition) is 3. The van der Waals surface area contributed by atoms with Gasteiger partial charge in [0.2, 0.25) is 5.91 Å². The number of carbonyl (C=O) groups is 2. The van der Waals surface area contributed by atoms with E-state index in [0.717, 1.165) is 17.5 Å². The Hall–Kier alpha value is -2.04. The van der Waals surface area contributed by atoms with Crippen molar-refractivity contribution in [1.82, 2.24) is 10.6 Å². The maximum absolute atomic E-state index is 11.9. The SMILES string of the molecule is CCOC(=O)NC1C(=O)NCCc2ccccc21. The van der Waals surface area contributed by atoms with Gasteiger partial charge in [-0.3, -0.25) is 4.79 Å². The summed E-state index contributed by atoms with van der Waals surface area (Å²) in [4.78, 5) is 23.4. The molecule has 0 bridgehead atoms. The Bertz CT molecular complexity index is 459. The van der Waals surface area contributed by atoms with E-state index in [1.807, 2.05) is 24.3 Å². The molecule has 0 saturated carbocycles. The molecule has 0 aliphatic carbocycles. The molecule has 0 radical (unpaired) electrons. The Morgan fingerprint density at radius 3 is 3.06 bits per heavy atom. The van der Waals surface area contributed by atoms with Crippen LogP contribution in [-0.2, 0) is 16.0 Å². The molecule has 1 aromatic rings. The van der Waals surface area contributed by atoms with Crippen molar-refractivity contribution in [3.8, 4) is 0 Å². The first kappa shape index (κ1) is 12.4. The number of hydrogen-bond donors (Lipinski definition) is 2. The molecule has 0 fully saturated rings. The lowest BCUT2D eigenvalue weighted by Crippen LogP contribution is -2.39. The minimum atomic E-state index is -0.678. The molecule has 2 rings (SSSR count). The molecule has 1 heterocycles. The fraction of sp³-hybridized carbons (Fsp3) is 0.385. The smallest absolute Gasteiger partial charge is 0.408 e. The number of amides is 2. The molecule has 1 atom stereocenters. The summed E-state index contributed by atoms with van der Waals surface area (Å²) in [6, 6.07) is 6.93. The molecule has 0 saturated heterocycles. The van der Waals surface area contributed by atoms with Crippen LogP contribution in [0.2, 0.25) is 0 Å². The fourth-order valence-corrected chi connectivity index (χ4v) is 2.04. The molecule has 18 heavy (non-hydrogen) atoms. The Morgan fingerprint density at radius 1 is 1.50 bits per heavy atom. The van der Waals surface area contributed by atoms with Gasteiger partial charge in [0, 0.05) is 6.54 Å². The van der Waals surface area contributed by atoms with Gasteiger partial charge in [0.1, 0.15) is 6.04 Å². The van der Waals surface area contributed by atoms with Crippen molar-refractivity contribution in [3.63, 3.8) is 0 Å². The molecule has 5 heteroatoms. The van der Waals surface area contributed by atoms with E-state index in [0.29, 0.717) is 6.54 Å². The van der Waals surface area contributed by atoms with Gasteiger partial charge in [0.15, 0.2) is 0 Å². The summed E-state index contributed by atoms with van der Waals surface area (Å²) in [6.45, 7) is 2.58. The summed E-state index contributed by atoms with van der Waals surface area (Å²) in [5.74, 6) is -0.201. The monoisotopic (exact) mass is 248 g/mol. The third kappa shape index (κ3) is 2.61. The number of benzene rings is 1. The second-order valence-corrected chi connectivity index (χ2v) is 4.04. The summed E-state index contributed by atoms with van der Waals surface area (Å²) in [5.41, 5.74) is 1.90. The van der Waals surface area contributed by atoms with E-state index in [9.17, 15) is 9.59 Å². The molecule has 2 N–H and O–H groups in total. The summed E-state index contributed by atoms with van der Waals surface area (Å²) in [7, 11) is 0. The van der Waals surface area contributed by atoms with Crippen molar-refractivity contribution in [1.29, 1.82) is 0 Å². The highest BCUT2D eigenvalue weighted by molar-refractivity contribution is 5.87. The van der Waals surface area contributed by atoms with E-state index in [4.69, 9.17) is 4.74 Å². The minimum absolute atomic E-state index is 0.201. The van der Waals surface area contributed by atoms with Crippen LogP contribution in [0.1, 0.15) is 24.1 Å². The minimum Gasteiger partial charge on any atom is -0.450 e. The van der Waals surface area contributed by atoms with Crippen LogP contribution >= 0.6 is 0 Å². The number of fused-ring (bicyclic) bond motifs is 1. The second-order valence-electron chi connectivity index (χ2n) is 4.04. The Labute approximate surface area is 106 Å². The van der Waals surface area contributed by atoms with Crippen LogP contribution in [0.15, 0.2) is 24.3 Å². The summed E-state index contributed by atoms with van der Waals surface area (Å²) < 4.78 is 4.82. The molecular formula is C13H16N2O3. The van der Waals surface area contributed by atoms with Crippen molar-refractivity contribution >= 4 is 12.0 Å². The van der Waals surface area contributed by atoms with E-state index in [1.54, 1.807) is 6.92 Å². The zero-order valence-corrected chi connectivity index (χ0v) is 10.2. The van der Waals surface area contributed by atoms with Crippen LogP contribution in [0.4, 0.5) is 4.79 Å². The van der Waals surface area contributed by atoms with Crippen molar-refractivity contribution in [3.05, 3.63) is 35.4 Å². The lowest BCUT2D eigenvalue weighted by molar-refractivity contribution is -0.123. The predicted molar refractivity (Wildman–Crippen MR) is 66.1 cm³/mol. The highest BCUT2D eigenvalue weighted by Crippen LogP contribution is 2.21. The normalized spacial score (nSPS) is 18.3. The molecule has 96 valence electrons. The average molecular weight is 248 g/mol. The van der Waals surface area contributed by atoms with Gasteiger partial charge in [-0.1, -0.05) is 24.3 Å². The van der Waals surface area contributed by atoms with Crippen molar-refractivity contribution < 1.29 is 14.3 Å². The van der Waals surface area contributed by atoms with Crippen LogP contribution in [0.5, 0.6) is 0 Å². The lowest BCUT2D eigenvalue weighted by atomic mass is 9.99. The van der Waals surface area contributed by atoms with E-state index < -0.39 is 12.1 Å². The molecule has 0 spiro atoms. The first-order valence-corrected chi connectivity index (χ1v) is 6.01. The van der Waals surface area contributed by atoms with Gasteiger partial charge in [-0.2, -0.15) is 0 Å². The maximum Gasteiger partial charge on any atom is 0.408 e. The molecule has 1 aromatic carbocycles. The Morgan fingerprint density at radius 2 is 2.28 bits per heavy atom. The highest BCUT2D eigenvalue weighted by Gasteiger charge is 2.27. The van der Waals surface area contributed by atoms with Gasteiger partial charge in [-0.15, -0.1) is 0 Å². The Balaban J connectivity index is 2.25. The van der Waals surface area contributed by atoms with Crippen molar-refractivity contribution in [2.75, 3.05) is 13.2 Å². The van der Waals surface area contributed by atoms with Gasteiger partial charge in [-0.25, -0.2) is 4.79 Å². The van der Waals surface area contributed by atoms with Gasteiger partial charge < -0.3 is 15.4 Å². The van der Waals surface area contributed by atoms with Gasteiger partial charge in [-0.05, 0) is 24.5 Å². The van der Waals surface area contributed by atoms with Gasteiger partial charge in [0.25, 0.3) is 0 Å². The molecule has 0 aromatic heterocycles. The number of rotatable bonds is 2. The summed E-state index contributed by atoms with van der Waals surface area (Å²) in [5, 5.41) is 5.37. The van der Waals surface area contributed by atoms with Crippen LogP contribution < -0.4 is 10.6 Å². The van der Waals surface area contributed by atoms with Gasteiger partial charge in [0.05, 0.1) is 6.61 Å². The molecule has 1 aliphatic heterocycles. The third-order valence-corrected chi connectivity index (χ3v) is 2.86. The predicted octanol–water partition coefficient (Wildman–Crippen LogP) is 1.15. The topological polar surface area (TPSA) is 67.4 Å². The molecule has 2 amide bonds. The van der Waals surface area contributed by atoms with Crippen LogP contribution in [0, 0.1) is 0 Å². The van der Waals surface area contributed by atoms with E-state index in [1.165, 1.54) is 0 Å². The zero-order chi connectivity index (χ0) is 13.0. The maximum atomic E-state index is 11.9. The average Bonchev–Trinajstić information content (AvgIpc) is 2.51. The third-order valence-electron chi connectivity index (χ3n) is 2.86. The zero-order valence-electron chi connectivity index (χ0n) is 10.2. The summed E-state index contributed by atoms with van der Waals surface area (Å²) in [6.07, 6.45) is 0.192. The molecule has 1 unspecified atom stereocenters. The van der Waals surface area contributed by atoms with E-state index in [-0.39, 0.29) is 12.5 Å². The first-order valence-electron chi connectivity index (χ1n) is 6.01. The van der Waals surface area contributed by atoms with Crippen molar-refractivity contribution in [2.24, 2.45) is 0 Å². The number of carbonyl (C=O) groups excluding carboxylic acids is 2. The van der Waals surface area contributed by atoms with E-state index in [2.05, 4.69) is 10.6 Å². The van der Waals surface area contributed by atoms with Crippen LogP contribution in [0.25, 0.3) is 0 Å². The standard InChI is InChI=1S/C13H16N2O3/c1-2-18-13(17)15-11-10-6-4-3-5-9(10)7-8-14-12(11)16/h3-6,11H,2,7-8H2,1H3,(H,14,16)(H,15,17). The second kappa shape index (κ2) is 5.53. The van der Waals surface area contributed by atoms with Gasteiger partial charge >= 0.3 is 6.09 Å². The lowest BCUT2D eigenvalue weighted by Gasteiger charge is -2.17. The molecule has 1 aliphatic rings. The molecular weight excluding hydrogens is 232 g/mol.